The molecule has 0 fully saturated rings. The van der Waals surface area contributed by atoms with Crippen molar-refractivity contribution in [2.45, 2.75) is 6.18 Å². The smallest absolute Gasteiger partial charge is 0.419 e. The van der Waals surface area contributed by atoms with Gasteiger partial charge in [0, 0.05) is 25.7 Å². The van der Waals surface area contributed by atoms with E-state index in [9.17, 15) is 18.0 Å². The topological polar surface area (TPSA) is 41.6 Å². The average Bonchev–Trinajstić information content (AvgIpc) is 2.64. The molecule has 2 aromatic carbocycles. The van der Waals surface area contributed by atoms with E-state index >= 15 is 0 Å². The molecule has 0 spiro atoms. The number of hydrogen-bond donors (Lipinski definition) is 1. The van der Waals surface area contributed by atoms with Crippen molar-refractivity contribution in [1.29, 1.82) is 0 Å². The minimum absolute atomic E-state index is 0.141. The van der Waals surface area contributed by atoms with E-state index < -0.39 is 11.7 Å². The van der Waals surface area contributed by atoms with Crippen LogP contribution < -0.4 is 10.1 Å². The van der Waals surface area contributed by atoms with Gasteiger partial charge in [-0.1, -0.05) is 18.2 Å². The van der Waals surface area contributed by atoms with Crippen LogP contribution in [0.3, 0.4) is 0 Å². The van der Waals surface area contributed by atoms with Gasteiger partial charge in [-0.3, -0.25) is 4.79 Å². The van der Waals surface area contributed by atoms with Crippen LogP contribution in [0.1, 0.15) is 15.9 Å². The Morgan fingerprint density at radius 3 is 2.27 bits per heavy atom. The lowest BCUT2D eigenvalue weighted by atomic mass is 10.0. The Morgan fingerprint density at radius 2 is 1.73 bits per heavy atom. The van der Waals surface area contributed by atoms with Crippen LogP contribution in [0.5, 0.6) is 5.75 Å². The second-order valence-corrected chi connectivity index (χ2v) is 5.82. The third-order valence-electron chi connectivity index (χ3n) is 4.01. The highest BCUT2D eigenvalue weighted by molar-refractivity contribution is 5.94. The highest BCUT2D eigenvalue weighted by Crippen LogP contribution is 2.38. The maximum atomic E-state index is 13.2. The van der Waals surface area contributed by atoms with E-state index in [1.54, 1.807) is 49.3 Å². The maximum Gasteiger partial charge on any atom is 0.419 e. The summed E-state index contributed by atoms with van der Waals surface area (Å²) in [6, 6.07) is 10.4. The number of likely N-dealkylation sites (N-methyl/N-ethyl adjacent to an activating group) is 2. The predicted octanol–water partition coefficient (Wildman–Crippen LogP) is 3.67. The molecule has 26 heavy (non-hydrogen) atoms. The van der Waals surface area contributed by atoms with Gasteiger partial charge in [0.05, 0.1) is 12.7 Å². The molecule has 0 unspecified atom stereocenters. The van der Waals surface area contributed by atoms with Crippen LogP contribution in [0.25, 0.3) is 11.1 Å². The number of alkyl halides is 3. The summed E-state index contributed by atoms with van der Waals surface area (Å²) in [4.78, 5) is 13.9. The Balaban J connectivity index is 2.27. The van der Waals surface area contributed by atoms with Crippen LogP contribution in [0.4, 0.5) is 13.2 Å². The summed E-state index contributed by atoms with van der Waals surface area (Å²) >= 11 is 0. The lowest BCUT2D eigenvalue weighted by molar-refractivity contribution is -0.138. The first kappa shape index (κ1) is 19.8. The molecule has 1 N–H and O–H groups in total. The second-order valence-electron chi connectivity index (χ2n) is 5.82. The molecule has 140 valence electrons. The first-order valence-corrected chi connectivity index (χ1v) is 8.03. The van der Waals surface area contributed by atoms with E-state index in [0.29, 0.717) is 29.8 Å². The first-order valence-electron chi connectivity index (χ1n) is 8.03. The minimum Gasteiger partial charge on any atom is -0.496 e. The molecule has 0 aliphatic rings. The zero-order valence-electron chi connectivity index (χ0n) is 14.9. The van der Waals surface area contributed by atoms with Crippen molar-refractivity contribution in [2.75, 3.05) is 34.3 Å². The molecule has 2 aromatic rings. The average molecular weight is 366 g/mol. The lowest BCUT2D eigenvalue weighted by Crippen LogP contribution is -2.32. The van der Waals surface area contributed by atoms with Crippen molar-refractivity contribution in [3.8, 4) is 16.9 Å². The van der Waals surface area contributed by atoms with Gasteiger partial charge < -0.3 is 15.0 Å². The summed E-state index contributed by atoms with van der Waals surface area (Å²) in [6.45, 7) is 1.23. The number of nitrogens with one attached hydrogen (secondary N) is 1. The van der Waals surface area contributed by atoms with Crippen LogP contribution in [0.15, 0.2) is 42.5 Å². The standard InChI is InChI=1S/C19H21F3N2O2/c1-23-10-11-24(2)18(25)14-6-4-13(5-7-14)15-8-9-17(26-3)16(12-15)19(20,21)22/h4-9,12,23H,10-11H2,1-3H3. The van der Waals surface area contributed by atoms with Crippen LogP contribution >= 0.6 is 0 Å². The number of ether oxygens (including phenoxy) is 1. The Morgan fingerprint density at radius 1 is 1.12 bits per heavy atom. The molecule has 0 aliphatic heterocycles. The zero-order chi connectivity index (χ0) is 19.3. The van der Waals surface area contributed by atoms with Crippen molar-refractivity contribution >= 4 is 5.91 Å². The molecule has 1 amide bonds. The Bertz CT molecular complexity index is 758. The largest absolute Gasteiger partial charge is 0.496 e. The molecular formula is C19H21F3N2O2. The van der Waals surface area contributed by atoms with Gasteiger partial charge in [-0.15, -0.1) is 0 Å². The Labute approximate surface area is 150 Å². The van der Waals surface area contributed by atoms with Crippen molar-refractivity contribution < 1.29 is 22.7 Å². The van der Waals surface area contributed by atoms with E-state index in [1.807, 2.05) is 0 Å². The number of halogens is 3. The summed E-state index contributed by atoms with van der Waals surface area (Å²) in [5.74, 6) is -0.364. The van der Waals surface area contributed by atoms with E-state index in [2.05, 4.69) is 5.32 Å². The first-order chi connectivity index (χ1) is 12.3. The molecule has 0 saturated heterocycles. The predicted molar refractivity (Wildman–Crippen MR) is 94.3 cm³/mol. The van der Waals surface area contributed by atoms with Crippen LogP contribution in [-0.2, 0) is 6.18 Å². The third kappa shape index (κ3) is 4.54. The summed E-state index contributed by atoms with van der Waals surface area (Å²) < 4.78 is 44.3. The fourth-order valence-corrected chi connectivity index (χ4v) is 2.52. The quantitative estimate of drug-likeness (QED) is 0.848. The van der Waals surface area contributed by atoms with Crippen LogP contribution in [0.2, 0.25) is 0 Å². The molecule has 4 nitrogen and oxygen atoms in total. The van der Waals surface area contributed by atoms with Gasteiger partial charge in [0.15, 0.2) is 0 Å². The zero-order valence-corrected chi connectivity index (χ0v) is 14.9. The van der Waals surface area contributed by atoms with Crippen LogP contribution in [0, 0.1) is 0 Å². The summed E-state index contributed by atoms with van der Waals surface area (Å²) in [6.07, 6.45) is -4.51. The minimum atomic E-state index is -4.51. The molecule has 0 bridgehead atoms. The molecule has 0 atom stereocenters. The van der Waals surface area contributed by atoms with Crippen molar-refractivity contribution in [3.05, 3.63) is 53.6 Å². The van der Waals surface area contributed by atoms with E-state index in [-0.39, 0.29) is 11.7 Å². The number of amides is 1. The highest BCUT2D eigenvalue weighted by Gasteiger charge is 2.34. The SMILES string of the molecule is CNCCN(C)C(=O)c1ccc(-c2ccc(OC)c(C(F)(F)F)c2)cc1. The number of hydrogen-bond acceptors (Lipinski definition) is 3. The maximum absolute atomic E-state index is 13.2. The lowest BCUT2D eigenvalue weighted by Gasteiger charge is -2.17. The molecule has 7 heteroatoms. The van der Waals surface area contributed by atoms with E-state index in [1.165, 1.54) is 13.2 Å². The van der Waals surface area contributed by atoms with Crippen molar-refractivity contribution in [2.24, 2.45) is 0 Å². The van der Waals surface area contributed by atoms with Crippen LogP contribution in [-0.4, -0.2) is 45.1 Å². The van der Waals surface area contributed by atoms with Crippen molar-refractivity contribution in [3.63, 3.8) is 0 Å². The molecule has 0 saturated carbocycles. The van der Waals surface area contributed by atoms with Gasteiger partial charge in [0.25, 0.3) is 5.91 Å². The monoisotopic (exact) mass is 366 g/mol. The highest BCUT2D eigenvalue weighted by atomic mass is 19.4. The molecule has 0 radical (unpaired) electrons. The summed E-state index contributed by atoms with van der Waals surface area (Å²) in [5, 5.41) is 2.97. The number of carbonyl (C=O) groups is 1. The molecule has 2 rings (SSSR count). The van der Waals surface area contributed by atoms with Gasteiger partial charge in [-0.05, 0) is 42.4 Å². The number of nitrogens with zero attached hydrogens (tertiary/aromatic N) is 1. The van der Waals surface area contributed by atoms with Gasteiger partial charge in [0.2, 0.25) is 0 Å². The second kappa shape index (κ2) is 8.23. The fourth-order valence-electron chi connectivity index (χ4n) is 2.52. The molecule has 0 heterocycles. The normalized spacial score (nSPS) is 11.3. The van der Waals surface area contributed by atoms with Crippen molar-refractivity contribution in [1.82, 2.24) is 10.2 Å². The molecular weight excluding hydrogens is 345 g/mol. The van der Waals surface area contributed by atoms with Gasteiger partial charge >= 0.3 is 6.18 Å². The Kier molecular flexibility index (Phi) is 6.26. The third-order valence-corrected chi connectivity index (χ3v) is 4.01. The number of rotatable bonds is 6. The fraction of sp³-hybridized carbons (Fsp3) is 0.316. The summed E-state index contributed by atoms with van der Waals surface area (Å²) in [5.41, 5.74) is 0.648. The summed E-state index contributed by atoms with van der Waals surface area (Å²) in [7, 11) is 4.71. The van der Waals surface area contributed by atoms with E-state index in [0.717, 1.165) is 6.07 Å². The molecule has 0 aromatic heterocycles. The van der Waals surface area contributed by atoms with E-state index in [4.69, 9.17) is 4.74 Å². The number of benzene rings is 2. The molecule has 0 aliphatic carbocycles. The van der Waals surface area contributed by atoms with Gasteiger partial charge in [-0.25, -0.2) is 0 Å². The number of carbonyl (C=O) groups excluding carboxylic acids is 1. The Hall–Kier alpha value is -2.54. The number of methoxy groups -OCH3 is 1. The van der Waals surface area contributed by atoms with Gasteiger partial charge in [-0.2, -0.15) is 13.2 Å². The van der Waals surface area contributed by atoms with Gasteiger partial charge in [0.1, 0.15) is 5.75 Å².